The molecule has 14 nitrogen and oxygen atoms in total. The van der Waals surface area contributed by atoms with Gasteiger partial charge in [0.15, 0.2) is 0 Å². The number of benzene rings is 10. The summed E-state index contributed by atoms with van der Waals surface area (Å²) in [7, 11) is 0. The van der Waals surface area contributed by atoms with E-state index in [0.717, 1.165) is 50.2 Å². The monoisotopic (exact) mass is 1700 g/mol. The number of nitrogens with zero attached hydrogens (tertiary/aromatic N) is 6. The van der Waals surface area contributed by atoms with Crippen LogP contribution in [0, 0.1) is 36.4 Å². The summed E-state index contributed by atoms with van der Waals surface area (Å²) in [5.74, 6) is -1.82. The van der Waals surface area contributed by atoms with Crippen molar-refractivity contribution in [1.82, 2.24) is 29.9 Å². The number of hydrogen-bond donors (Lipinski definition) is 1. The quantitative estimate of drug-likeness (QED) is 0.0486. The van der Waals surface area contributed by atoms with Gasteiger partial charge >= 0.3 is 58.1 Å². The van der Waals surface area contributed by atoms with Crippen molar-refractivity contribution in [3.8, 4) is 129 Å². The van der Waals surface area contributed by atoms with E-state index >= 15 is 0 Å². The zero-order valence-electron chi connectivity index (χ0n) is 54.6. The molecular formula is C88H51Ir2N7O7. The first-order valence-corrected chi connectivity index (χ1v) is 32.2. The predicted octanol–water partition coefficient (Wildman–Crippen LogP) is 18.4. The normalized spacial score (nSPS) is 10.7. The number of amides is 1. The summed E-state index contributed by atoms with van der Waals surface area (Å²) >= 11 is 0. The Morgan fingerprint density at radius 2 is 0.596 bits per heavy atom. The summed E-state index contributed by atoms with van der Waals surface area (Å²) in [5, 5.41) is 3.03. The molecule has 5 heterocycles. The van der Waals surface area contributed by atoms with Gasteiger partial charge < -0.3 is 39.5 Å². The molecule has 498 valence electrons. The maximum absolute atomic E-state index is 14.0. The molecule has 0 aliphatic rings. The van der Waals surface area contributed by atoms with Crippen LogP contribution in [0.5, 0.6) is 17.2 Å². The molecule has 10 aromatic carbocycles. The third-order valence-electron chi connectivity index (χ3n) is 16.6. The third kappa shape index (κ3) is 16.1. The van der Waals surface area contributed by atoms with E-state index in [1.807, 2.05) is 170 Å². The molecular weight excluding hydrogens is 1650 g/mol. The summed E-state index contributed by atoms with van der Waals surface area (Å²) in [5.41, 5.74) is 16.1. The number of carbonyl (C=O) groups excluding carboxylic acids is 4. The van der Waals surface area contributed by atoms with Gasteiger partial charge in [-0.3, -0.25) is 29.1 Å². The van der Waals surface area contributed by atoms with E-state index in [-0.39, 0.29) is 74.1 Å². The van der Waals surface area contributed by atoms with Crippen LogP contribution in [0.15, 0.2) is 304 Å². The van der Waals surface area contributed by atoms with E-state index in [1.165, 1.54) is 12.4 Å². The number of hydrogen-bond acceptors (Lipinski definition) is 13. The number of pyridine rings is 4. The molecule has 0 atom stereocenters. The second kappa shape index (κ2) is 32.1. The van der Waals surface area contributed by atoms with Crippen molar-refractivity contribution >= 4 is 29.5 Å². The van der Waals surface area contributed by atoms with Gasteiger partial charge in [0.05, 0.1) is 6.33 Å². The van der Waals surface area contributed by atoms with E-state index in [4.69, 9.17) is 14.2 Å². The van der Waals surface area contributed by atoms with E-state index in [9.17, 15) is 19.2 Å². The molecule has 1 amide bonds. The topological polar surface area (TPSA) is 185 Å². The molecule has 0 aliphatic carbocycles. The van der Waals surface area contributed by atoms with Crippen LogP contribution in [0.2, 0.25) is 0 Å². The second-order valence-corrected chi connectivity index (χ2v) is 23.2. The Kier molecular flexibility index (Phi) is 21.5. The van der Waals surface area contributed by atoms with Crippen molar-refractivity contribution in [2.75, 3.05) is 5.32 Å². The zero-order chi connectivity index (χ0) is 69.1. The summed E-state index contributed by atoms with van der Waals surface area (Å²) in [6, 6.07) is 101. The molecule has 0 radical (unpaired) electrons. The van der Waals surface area contributed by atoms with Gasteiger partial charge in [0.1, 0.15) is 17.2 Å². The first kappa shape index (κ1) is 69.5. The molecule has 0 aliphatic heterocycles. The van der Waals surface area contributed by atoms with Crippen molar-refractivity contribution in [3.63, 3.8) is 0 Å². The molecule has 15 rings (SSSR count). The van der Waals surface area contributed by atoms with Gasteiger partial charge in [-0.05, 0) is 127 Å². The summed E-state index contributed by atoms with van der Waals surface area (Å²) in [4.78, 5) is 82.4. The predicted molar refractivity (Wildman–Crippen MR) is 389 cm³/mol. The smallest absolute Gasteiger partial charge is 0.430 e. The fraction of sp³-hybridized carbons (Fsp3) is 0. The number of aromatic nitrogens is 6. The van der Waals surface area contributed by atoms with Crippen LogP contribution in [-0.2, 0) is 40.2 Å². The third-order valence-corrected chi connectivity index (χ3v) is 16.6. The molecule has 104 heavy (non-hydrogen) atoms. The minimum Gasteiger partial charge on any atom is -0.430 e. The molecule has 0 unspecified atom stereocenters. The Morgan fingerprint density at radius 3 is 0.933 bits per heavy atom. The molecule has 0 fully saturated rings. The van der Waals surface area contributed by atoms with Crippen molar-refractivity contribution < 1.29 is 73.6 Å². The van der Waals surface area contributed by atoms with Gasteiger partial charge in [0.2, 0.25) is 5.91 Å². The maximum atomic E-state index is 14.0. The Hall–Kier alpha value is -12.9. The molecule has 15 aromatic rings. The van der Waals surface area contributed by atoms with Gasteiger partial charge in [-0.15, -0.1) is 179 Å². The standard InChI is InChI=1S/C88H51N7O7.2Ir/c96-85(65-37-29-59(30-38-65)79-17-5-9-45-89-79)95-71-49-69(50-72(53-71)100-86(97)66-39-31-60(32-40-66)80-18-6-10-46-90-80)77-15-3-1-13-75(77)57-21-25-63(26-22-57)83-55-84(94-56-93-83)64-27-23-58(24-28-64)76-14-2-4-16-78(76)70-51-73(101-87(98)67-41-33-61(34-42-67)81-19-7-11-47-91-81)54-74(52-70)102-88(99)68-43-35-62(36-44-68)82-20-8-12-48-92-82;;/h1-25,27,29,31,33,35,37-56H,(H,95,96);;/q-6;2*+3. The van der Waals surface area contributed by atoms with Gasteiger partial charge in [-0.25, -0.2) is 0 Å². The number of ether oxygens (including phenoxy) is 3. The first-order chi connectivity index (χ1) is 50.1. The van der Waals surface area contributed by atoms with Crippen LogP contribution >= 0.6 is 0 Å². The van der Waals surface area contributed by atoms with E-state index in [2.05, 4.69) is 71.6 Å². The van der Waals surface area contributed by atoms with Crippen molar-refractivity contribution in [2.45, 2.75) is 0 Å². The van der Waals surface area contributed by atoms with E-state index < -0.39 is 23.8 Å². The molecule has 5 aromatic heterocycles. The number of nitrogens with one attached hydrogen (secondary N) is 1. The van der Waals surface area contributed by atoms with Crippen molar-refractivity contribution in [1.29, 1.82) is 0 Å². The number of carbonyl (C=O) groups is 4. The van der Waals surface area contributed by atoms with Gasteiger partial charge in [0, 0.05) is 42.6 Å². The fourth-order valence-electron chi connectivity index (χ4n) is 11.5. The molecule has 0 spiro atoms. The van der Waals surface area contributed by atoms with Crippen LogP contribution in [0.4, 0.5) is 5.69 Å². The Morgan fingerprint density at radius 1 is 0.279 bits per heavy atom. The summed E-state index contributed by atoms with van der Waals surface area (Å²) in [6.07, 6.45) is 8.29. The average molecular weight is 1700 g/mol. The average Bonchev–Trinajstić information content (AvgIpc) is 0.811. The summed E-state index contributed by atoms with van der Waals surface area (Å²) in [6.45, 7) is 0. The SMILES string of the molecule is O=C(Nc1cc(OC(=O)c2c[c-]c(-c3ccccn3)cc2)cc(-c2ccccc2-c2c[c-]c(-c3cc(-c4[c-]cc(-c5ccccc5-c5cc(OC(=O)c6c[c-]c(-c7ccccn7)cc6)cc(OC(=O)c6c[c-]c(-c7ccccn7)cc6)c5)cc4)ncn3)cc2)c1)c1c[c-]c(-c2ccccn2)cc1.[Ir+3].[Ir+3]. The summed E-state index contributed by atoms with van der Waals surface area (Å²) < 4.78 is 18.2. The molecule has 0 bridgehead atoms. The van der Waals surface area contributed by atoms with E-state index in [1.54, 1.807) is 122 Å². The maximum Gasteiger partial charge on any atom is 3.00 e. The molecule has 0 saturated heterocycles. The fourth-order valence-corrected chi connectivity index (χ4v) is 11.5. The van der Waals surface area contributed by atoms with Crippen LogP contribution in [0.1, 0.15) is 41.4 Å². The van der Waals surface area contributed by atoms with E-state index in [0.29, 0.717) is 73.1 Å². The molecule has 1 N–H and O–H groups in total. The largest absolute Gasteiger partial charge is 3.00 e. The molecule has 16 heteroatoms. The Bertz CT molecular complexity index is 4980. The number of anilines is 1. The van der Waals surface area contributed by atoms with Gasteiger partial charge in [-0.1, -0.05) is 125 Å². The van der Waals surface area contributed by atoms with Crippen LogP contribution < -0.4 is 19.5 Å². The van der Waals surface area contributed by atoms with Gasteiger partial charge in [-0.2, -0.15) is 0 Å². The Labute approximate surface area is 626 Å². The van der Waals surface area contributed by atoms with Gasteiger partial charge in [0.25, 0.3) is 0 Å². The van der Waals surface area contributed by atoms with Crippen molar-refractivity contribution in [3.05, 3.63) is 363 Å². The minimum absolute atomic E-state index is 0. The minimum atomic E-state index is -0.642. The van der Waals surface area contributed by atoms with Crippen LogP contribution in [-0.4, -0.2) is 53.7 Å². The second-order valence-electron chi connectivity index (χ2n) is 23.2. The molecule has 0 saturated carbocycles. The van der Waals surface area contributed by atoms with Crippen LogP contribution in [0.3, 0.4) is 0 Å². The Balaban J connectivity index is 0.00000481. The first-order valence-electron chi connectivity index (χ1n) is 32.2. The zero-order valence-corrected chi connectivity index (χ0v) is 59.4. The van der Waals surface area contributed by atoms with Crippen LogP contribution in [0.25, 0.3) is 112 Å². The number of rotatable bonds is 18. The number of esters is 3. The van der Waals surface area contributed by atoms with Crippen molar-refractivity contribution in [2.24, 2.45) is 0 Å².